The number of esters is 1. The second kappa shape index (κ2) is 6.46. The van der Waals surface area contributed by atoms with Crippen LogP contribution in [0.1, 0.15) is 29.6 Å². The summed E-state index contributed by atoms with van der Waals surface area (Å²) >= 11 is 0. The van der Waals surface area contributed by atoms with E-state index in [-0.39, 0.29) is 0 Å². The largest absolute Gasteiger partial charge is 0.465 e. The maximum absolute atomic E-state index is 12.3. The molecule has 5 rings (SSSR count). The highest BCUT2D eigenvalue weighted by atomic mass is 16.6. The van der Waals surface area contributed by atoms with Crippen LogP contribution in [0.3, 0.4) is 0 Å². The van der Waals surface area contributed by atoms with Crippen LogP contribution in [0.4, 0.5) is 5.69 Å². The van der Waals surface area contributed by atoms with Crippen LogP contribution in [-0.2, 0) is 9.47 Å². The highest BCUT2D eigenvalue weighted by Gasteiger charge is 2.40. The molecule has 3 unspecified atom stereocenters. The molecule has 0 aromatic heterocycles. The van der Waals surface area contributed by atoms with Gasteiger partial charge >= 0.3 is 5.97 Å². The van der Waals surface area contributed by atoms with Gasteiger partial charge in [0.25, 0.3) is 0 Å². The summed E-state index contributed by atoms with van der Waals surface area (Å²) < 4.78 is 22.8. The Morgan fingerprint density at radius 1 is 1.15 bits per heavy atom. The molecule has 0 spiro atoms. The Morgan fingerprint density at radius 3 is 2.67 bits per heavy atom. The summed E-state index contributed by atoms with van der Waals surface area (Å²) in [6, 6.07) is 11.0. The van der Waals surface area contributed by atoms with E-state index in [1.54, 1.807) is 12.1 Å². The van der Waals surface area contributed by atoms with E-state index < -0.39 is 5.97 Å². The van der Waals surface area contributed by atoms with Crippen molar-refractivity contribution in [3.63, 3.8) is 0 Å². The molecule has 140 valence electrons. The zero-order valence-corrected chi connectivity index (χ0v) is 15.1. The number of anilines is 1. The Labute approximate surface area is 157 Å². The second-order valence-electron chi connectivity index (χ2n) is 7.24. The van der Waals surface area contributed by atoms with Crippen molar-refractivity contribution < 1.29 is 23.7 Å². The summed E-state index contributed by atoms with van der Waals surface area (Å²) in [6.45, 7) is 0.804. The van der Waals surface area contributed by atoms with Gasteiger partial charge in [0.05, 0.1) is 19.3 Å². The third-order valence-electron chi connectivity index (χ3n) is 5.54. The number of fused-ring (bicyclic) bond motifs is 4. The van der Waals surface area contributed by atoms with Gasteiger partial charge in [0.15, 0.2) is 23.0 Å². The zero-order valence-electron chi connectivity index (χ0n) is 15.1. The summed E-state index contributed by atoms with van der Waals surface area (Å²) in [5, 5.41) is 3.44. The Bertz CT molecular complexity index is 896. The molecule has 0 amide bonds. The van der Waals surface area contributed by atoms with Crippen LogP contribution >= 0.6 is 0 Å². The van der Waals surface area contributed by atoms with Crippen molar-refractivity contribution in [2.24, 2.45) is 5.92 Å². The molecule has 3 heterocycles. The summed E-state index contributed by atoms with van der Waals surface area (Å²) in [4.78, 5) is 12.3. The molecule has 0 saturated carbocycles. The van der Waals surface area contributed by atoms with E-state index >= 15 is 0 Å². The van der Waals surface area contributed by atoms with Gasteiger partial charge in [-0.3, -0.25) is 0 Å². The number of hydrogen-bond acceptors (Lipinski definition) is 6. The van der Waals surface area contributed by atoms with E-state index in [1.807, 2.05) is 24.3 Å². The minimum absolute atomic E-state index is 0.344. The van der Waals surface area contributed by atoms with Crippen molar-refractivity contribution >= 4 is 11.7 Å². The van der Waals surface area contributed by atoms with E-state index in [4.69, 9.17) is 18.9 Å². The van der Waals surface area contributed by atoms with E-state index in [1.165, 1.54) is 13.5 Å². The Balaban J connectivity index is 1.42. The molecule has 6 heteroatoms. The Hall–Kier alpha value is -2.73. The summed E-state index contributed by atoms with van der Waals surface area (Å²) in [6.07, 6.45) is 4.19. The maximum Gasteiger partial charge on any atom is 0.341 e. The third kappa shape index (κ3) is 2.90. The number of para-hydroxylation sites is 2. The molecule has 1 N–H and O–H groups in total. The number of carbonyl (C=O) groups excluding carboxylic acids is 1. The maximum atomic E-state index is 12.3. The SMILES string of the molecule is COC(=O)c1cc(NCC2CC3CCC2O3)cc2c1Oc1ccccc1O2. The molecule has 3 aliphatic rings. The summed E-state index contributed by atoms with van der Waals surface area (Å²) in [5.41, 5.74) is 1.15. The van der Waals surface area contributed by atoms with E-state index in [9.17, 15) is 4.79 Å². The van der Waals surface area contributed by atoms with Crippen LogP contribution in [0.2, 0.25) is 0 Å². The van der Waals surface area contributed by atoms with E-state index in [2.05, 4.69) is 5.32 Å². The predicted octanol–water partition coefficient (Wildman–Crippen LogP) is 4.35. The van der Waals surface area contributed by atoms with Crippen molar-refractivity contribution in [3.05, 3.63) is 42.0 Å². The highest BCUT2D eigenvalue weighted by molar-refractivity contribution is 5.95. The topological polar surface area (TPSA) is 66.0 Å². The Kier molecular flexibility index (Phi) is 3.93. The van der Waals surface area contributed by atoms with Gasteiger partial charge in [0.2, 0.25) is 0 Å². The fourth-order valence-corrected chi connectivity index (χ4v) is 4.20. The molecule has 2 fully saturated rings. The number of nitrogens with one attached hydrogen (secondary N) is 1. The summed E-state index contributed by atoms with van der Waals surface area (Å²) in [5.74, 6) is 2.13. The summed E-state index contributed by atoms with van der Waals surface area (Å²) in [7, 11) is 1.36. The van der Waals surface area contributed by atoms with Gasteiger partial charge in [-0.25, -0.2) is 4.79 Å². The van der Waals surface area contributed by atoms with E-state index in [0.29, 0.717) is 46.7 Å². The van der Waals surface area contributed by atoms with Gasteiger partial charge in [0, 0.05) is 24.2 Å². The smallest absolute Gasteiger partial charge is 0.341 e. The zero-order chi connectivity index (χ0) is 18.4. The van der Waals surface area contributed by atoms with Crippen molar-refractivity contribution in [1.82, 2.24) is 0 Å². The minimum atomic E-state index is -0.457. The van der Waals surface area contributed by atoms with Gasteiger partial charge in [-0.05, 0) is 37.5 Å². The number of methoxy groups -OCH3 is 1. The number of hydrogen-bond donors (Lipinski definition) is 1. The quantitative estimate of drug-likeness (QED) is 0.692. The van der Waals surface area contributed by atoms with Crippen LogP contribution in [0.15, 0.2) is 36.4 Å². The molecule has 2 saturated heterocycles. The molecule has 2 aromatic carbocycles. The molecule has 2 bridgehead atoms. The molecule has 0 radical (unpaired) electrons. The van der Waals surface area contributed by atoms with Crippen molar-refractivity contribution in [2.75, 3.05) is 19.0 Å². The van der Waals surface area contributed by atoms with Crippen LogP contribution in [0, 0.1) is 5.92 Å². The first-order valence-electron chi connectivity index (χ1n) is 9.31. The highest BCUT2D eigenvalue weighted by Crippen LogP contribution is 2.48. The molecular formula is C21H21NO5. The van der Waals surface area contributed by atoms with Crippen LogP contribution < -0.4 is 14.8 Å². The average Bonchev–Trinajstić information content (AvgIpc) is 3.33. The Morgan fingerprint density at radius 2 is 1.96 bits per heavy atom. The van der Waals surface area contributed by atoms with Gasteiger partial charge in [0.1, 0.15) is 5.56 Å². The lowest BCUT2D eigenvalue weighted by Gasteiger charge is -2.24. The average molecular weight is 367 g/mol. The van der Waals surface area contributed by atoms with Gasteiger partial charge in [-0.2, -0.15) is 0 Å². The molecule has 0 aliphatic carbocycles. The standard InChI is InChI=1S/C21H21NO5/c1-24-21(23)15-9-13(22-11-12-8-14-6-7-16(12)25-14)10-19-20(15)27-18-5-3-2-4-17(18)26-19/h2-5,9-10,12,14,16,22H,6-8,11H2,1H3. The number of ether oxygens (including phenoxy) is 4. The first-order chi connectivity index (χ1) is 13.2. The predicted molar refractivity (Wildman–Crippen MR) is 98.9 cm³/mol. The molecular weight excluding hydrogens is 346 g/mol. The number of carbonyl (C=O) groups is 1. The minimum Gasteiger partial charge on any atom is -0.465 e. The van der Waals surface area contributed by atoms with E-state index in [0.717, 1.165) is 25.1 Å². The van der Waals surface area contributed by atoms with Crippen molar-refractivity contribution in [1.29, 1.82) is 0 Å². The first-order valence-corrected chi connectivity index (χ1v) is 9.31. The molecule has 2 aromatic rings. The van der Waals surface area contributed by atoms with Gasteiger partial charge in [-0.15, -0.1) is 0 Å². The number of rotatable bonds is 4. The fraction of sp³-hybridized carbons (Fsp3) is 0.381. The second-order valence-corrected chi connectivity index (χ2v) is 7.24. The lowest BCUT2D eigenvalue weighted by molar-refractivity contribution is 0.0596. The fourth-order valence-electron chi connectivity index (χ4n) is 4.20. The van der Waals surface area contributed by atoms with Crippen molar-refractivity contribution in [3.8, 4) is 23.0 Å². The van der Waals surface area contributed by atoms with Gasteiger partial charge < -0.3 is 24.3 Å². The van der Waals surface area contributed by atoms with Gasteiger partial charge in [-0.1, -0.05) is 12.1 Å². The monoisotopic (exact) mass is 367 g/mol. The lowest BCUT2D eigenvalue weighted by atomic mass is 9.89. The van der Waals surface area contributed by atoms with Crippen LogP contribution in [0.25, 0.3) is 0 Å². The van der Waals surface area contributed by atoms with Crippen molar-refractivity contribution in [2.45, 2.75) is 31.5 Å². The molecule has 3 aliphatic heterocycles. The van der Waals surface area contributed by atoms with Crippen LogP contribution in [0.5, 0.6) is 23.0 Å². The first kappa shape index (κ1) is 16.4. The lowest BCUT2D eigenvalue weighted by Crippen LogP contribution is -2.24. The third-order valence-corrected chi connectivity index (χ3v) is 5.54. The molecule has 6 nitrogen and oxygen atoms in total. The molecule has 27 heavy (non-hydrogen) atoms. The van der Waals surface area contributed by atoms with Crippen LogP contribution in [-0.4, -0.2) is 31.8 Å². The normalized spacial score (nSPS) is 24.4. The number of benzene rings is 2. The molecule has 3 atom stereocenters.